The van der Waals surface area contributed by atoms with E-state index < -0.39 is 0 Å². The first-order valence-corrected chi connectivity index (χ1v) is 10.9. The minimum Gasteiger partial charge on any atom is -0.278 e. The van der Waals surface area contributed by atoms with Gasteiger partial charge in [-0.25, -0.2) is 0 Å². The Labute approximate surface area is 172 Å². The van der Waals surface area contributed by atoms with Crippen molar-refractivity contribution in [2.24, 2.45) is 0 Å². The lowest BCUT2D eigenvalue weighted by atomic mass is 10.2. The zero-order valence-corrected chi connectivity index (χ0v) is 17.2. The molecule has 136 valence electrons. The van der Waals surface area contributed by atoms with E-state index in [1.807, 2.05) is 65.6 Å². The van der Waals surface area contributed by atoms with Gasteiger partial charge in [0, 0.05) is 19.7 Å². The summed E-state index contributed by atoms with van der Waals surface area (Å²) in [5.74, 6) is 0.109. The Bertz CT molecular complexity index is 929. The maximum atomic E-state index is 13.6. The number of fused-ring (bicyclic) bond motifs is 2. The summed E-state index contributed by atoms with van der Waals surface area (Å²) in [4.78, 5) is 18.7. The summed E-state index contributed by atoms with van der Waals surface area (Å²) in [6, 6.07) is 23.9. The fraction of sp³-hybridized carbons (Fsp3) is 0.136. The molecule has 3 aromatic rings. The van der Waals surface area contributed by atoms with Crippen molar-refractivity contribution in [2.45, 2.75) is 33.3 Å². The third-order valence-corrected chi connectivity index (χ3v) is 7.14. The van der Waals surface area contributed by atoms with Gasteiger partial charge in [-0.1, -0.05) is 54.6 Å². The second kappa shape index (κ2) is 8.01. The normalized spacial score (nSPS) is 13.6. The SMILES string of the molecule is CCC(Sc1ccc(Cl)cc1)C(=O)N1c2ccccc2Sc2ccccc21. The van der Waals surface area contributed by atoms with Gasteiger partial charge in [0.25, 0.3) is 0 Å². The molecule has 2 nitrogen and oxygen atoms in total. The predicted octanol–water partition coefficient (Wildman–Crippen LogP) is 7.04. The second-order valence-electron chi connectivity index (χ2n) is 6.18. The van der Waals surface area contributed by atoms with Gasteiger partial charge in [0.15, 0.2) is 0 Å². The van der Waals surface area contributed by atoms with Crippen molar-refractivity contribution >= 4 is 52.4 Å². The first-order chi connectivity index (χ1) is 13.2. The molecule has 0 fully saturated rings. The van der Waals surface area contributed by atoms with E-state index in [1.54, 1.807) is 23.5 Å². The van der Waals surface area contributed by atoms with E-state index in [4.69, 9.17) is 11.6 Å². The van der Waals surface area contributed by atoms with Gasteiger partial charge < -0.3 is 0 Å². The number of carbonyl (C=O) groups excluding carboxylic acids is 1. The van der Waals surface area contributed by atoms with Gasteiger partial charge in [0.05, 0.1) is 16.6 Å². The molecule has 0 bridgehead atoms. The Balaban J connectivity index is 1.70. The standard InChI is InChI=1S/C22H18ClNOS2/c1-2-19(26-16-13-11-15(23)12-14-16)22(25)24-17-7-3-5-9-20(17)27-21-10-6-4-8-18(21)24/h3-14,19H,2H2,1H3. The molecule has 27 heavy (non-hydrogen) atoms. The summed E-state index contributed by atoms with van der Waals surface area (Å²) in [7, 11) is 0. The first kappa shape index (κ1) is 18.5. The highest BCUT2D eigenvalue weighted by molar-refractivity contribution is 8.00. The van der Waals surface area contributed by atoms with Crippen LogP contribution in [-0.2, 0) is 4.79 Å². The van der Waals surface area contributed by atoms with Gasteiger partial charge in [0.1, 0.15) is 0 Å². The fourth-order valence-corrected chi connectivity index (χ4v) is 5.25. The summed E-state index contributed by atoms with van der Waals surface area (Å²) in [6.45, 7) is 2.06. The highest BCUT2D eigenvalue weighted by Crippen LogP contribution is 2.48. The molecule has 0 aliphatic carbocycles. The molecule has 0 aromatic heterocycles. The zero-order valence-electron chi connectivity index (χ0n) is 14.8. The van der Waals surface area contributed by atoms with Crippen molar-refractivity contribution < 1.29 is 4.79 Å². The number of nitrogens with zero attached hydrogens (tertiary/aromatic N) is 1. The van der Waals surface area contributed by atoms with E-state index in [9.17, 15) is 4.79 Å². The molecule has 4 rings (SSSR count). The van der Waals surface area contributed by atoms with Gasteiger partial charge in [0.2, 0.25) is 5.91 Å². The maximum Gasteiger partial charge on any atom is 0.245 e. The van der Waals surface area contributed by atoms with E-state index in [0.717, 1.165) is 32.5 Å². The second-order valence-corrected chi connectivity index (χ2v) is 8.98. The van der Waals surface area contributed by atoms with E-state index in [-0.39, 0.29) is 11.2 Å². The molecule has 1 amide bonds. The summed E-state index contributed by atoms with van der Waals surface area (Å²) >= 11 is 9.30. The molecule has 1 heterocycles. The van der Waals surface area contributed by atoms with Gasteiger partial charge in [-0.2, -0.15) is 0 Å². The number of halogens is 1. The number of hydrogen-bond acceptors (Lipinski definition) is 3. The molecule has 0 spiro atoms. The van der Waals surface area contributed by atoms with Crippen LogP contribution in [0.25, 0.3) is 0 Å². The van der Waals surface area contributed by atoms with Crippen LogP contribution in [0.5, 0.6) is 0 Å². The number of anilines is 2. The summed E-state index contributed by atoms with van der Waals surface area (Å²) in [5, 5.41) is 0.532. The van der Waals surface area contributed by atoms with Crippen molar-refractivity contribution in [1.82, 2.24) is 0 Å². The molecule has 1 atom stereocenters. The van der Waals surface area contributed by atoms with E-state index >= 15 is 0 Å². The third-order valence-electron chi connectivity index (χ3n) is 4.39. The number of benzene rings is 3. The van der Waals surface area contributed by atoms with Crippen LogP contribution in [-0.4, -0.2) is 11.2 Å². The van der Waals surface area contributed by atoms with Crippen LogP contribution < -0.4 is 4.90 Å². The average molecular weight is 412 g/mol. The molecule has 1 aliphatic heterocycles. The van der Waals surface area contributed by atoms with Crippen LogP contribution in [0, 0.1) is 0 Å². The molecule has 0 radical (unpaired) electrons. The molecule has 0 N–H and O–H groups in total. The Morgan fingerprint density at radius 2 is 1.52 bits per heavy atom. The molecule has 0 saturated heterocycles. The van der Waals surface area contributed by atoms with Crippen LogP contribution in [0.1, 0.15) is 13.3 Å². The Morgan fingerprint density at radius 3 is 2.07 bits per heavy atom. The highest BCUT2D eigenvalue weighted by Gasteiger charge is 2.32. The van der Waals surface area contributed by atoms with Gasteiger partial charge in [-0.3, -0.25) is 9.69 Å². The first-order valence-electron chi connectivity index (χ1n) is 8.79. The van der Waals surface area contributed by atoms with E-state index in [0.29, 0.717) is 5.02 Å². The molecule has 5 heteroatoms. The van der Waals surface area contributed by atoms with Crippen molar-refractivity contribution in [1.29, 1.82) is 0 Å². The van der Waals surface area contributed by atoms with Crippen molar-refractivity contribution in [3.05, 3.63) is 77.8 Å². The lowest BCUT2D eigenvalue weighted by Gasteiger charge is -2.33. The molecule has 3 aromatic carbocycles. The van der Waals surface area contributed by atoms with Crippen LogP contribution in [0.2, 0.25) is 5.02 Å². The number of carbonyl (C=O) groups is 1. The van der Waals surface area contributed by atoms with Crippen LogP contribution >= 0.6 is 35.1 Å². The third kappa shape index (κ3) is 3.75. The van der Waals surface area contributed by atoms with Crippen LogP contribution in [0.3, 0.4) is 0 Å². The van der Waals surface area contributed by atoms with Crippen LogP contribution in [0.15, 0.2) is 87.5 Å². The number of hydrogen-bond donors (Lipinski definition) is 0. The average Bonchev–Trinajstić information content (AvgIpc) is 2.71. The summed E-state index contributed by atoms with van der Waals surface area (Å²) in [5.41, 5.74) is 1.92. The summed E-state index contributed by atoms with van der Waals surface area (Å²) in [6.07, 6.45) is 0.750. The minimum atomic E-state index is -0.171. The zero-order chi connectivity index (χ0) is 18.8. The van der Waals surface area contributed by atoms with Crippen molar-refractivity contribution in [3.63, 3.8) is 0 Å². The van der Waals surface area contributed by atoms with Crippen molar-refractivity contribution in [2.75, 3.05) is 4.90 Å². The monoisotopic (exact) mass is 411 g/mol. The Morgan fingerprint density at radius 1 is 0.963 bits per heavy atom. The number of amides is 1. The minimum absolute atomic E-state index is 0.109. The quantitative estimate of drug-likeness (QED) is 0.429. The maximum absolute atomic E-state index is 13.6. The molecule has 0 saturated carbocycles. The van der Waals surface area contributed by atoms with Gasteiger partial charge in [-0.05, 0) is 55.0 Å². The molecular weight excluding hydrogens is 394 g/mol. The smallest absolute Gasteiger partial charge is 0.245 e. The summed E-state index contributed by atoms with van der Waals surface area (Å²) < 4.78 is 0. The Hall–Kier alpha value is -1.88. The van der Waals surface area contributed by atoms with Crippen molar-refractivity contribution in [3.8, 4) is 0 Å². The molecule has 1 unspecified atom stereocenters. The van der Waals surface area contributed by atoms with Gasteiger partial charge in [-0.15, -0.1) is 11.8 Å². The fourth-order valence-electron chi connectivity index (χ4n) is 3.07. The number of rotatable bonds is 4. The lowest BCUT2D eigenvalue weighted by Crippen LogP contribution is -2.35. The van der Waals surface area contributed by atoms with E-state index in [2.05, 4.69) is 19.1 Å². The van der Waals surface area contributed by atoms with E-state index in [1.165, 1.54) is 0 Å². The van der Waals surface area contributed by atoms with Gasteiger partial charge >= 0.3 is 0 Å². The number of thioether (sulfide) groups is 1. The Kier molecular flexibility index (Phi) is 5.48. The lowest BCUT2D eigenvalue weighted by molar-refractivity contribution is -0.117. The largest absolute Gasteiger partial charge is 0.278 e. The number of para-hydroxylation sites is 2. The van der Waals surface area contributed by atoms with Crippen LogP contribution in [0.4, 0.5) is 11.4 Å². The predicted molar refractivity (Wildman–Crippen MR) is 116 cm³/mol. The molecule has 1 aliphatic rings. The molecular formula is C22H18ClNOS2. The topological polar surface area (TPSA) is 20.3 Å². The highest BCUT2D eigenvalue weighted by atomic mass is 35.5.